The third-order valence-corrected chi connectivity index (χ3v) is 8.59. The van der Waals surface area contributed by atoms with E-state index in [9.17, 15) is 20.1 Å². The highest BCUT2D eigenvalue weighted by molar-refractivity contribution is 5.82. The monoisotopic (exact) mass is 570 g/mol. The quantitative estimate of drug-likeness (QED) is 0.0477. The topological polar surface area (TPSA) is 104 Å². The second-order valence-electron chi connectivity index (χ2n) is 12.6. The van der Waals surface area contributed by atoms with Crippen molar-refractivity contribution in [3.63, 3.8) is 0 Å². The van der Waals surface area contributed by atoms with Gasteiger partial charge in [-0.25, -0.2) is 0 Å². The van der Waals surface area contributed by atoms with Crippen LogP contribution in [-0.2, 0) is 4.79 Å². The molecule has 0 spiro atoms. The van der Waals surface area contributed by atoms with Crippen molar-refractivity contribution in [3.05, 3.63) is 0 Å². The molecule has 0 rings (SSSR count). The first-order valence-corrected chi connectivity index (χ1v) is 17.8. The van der Waals surface area contributed by atoms with Gasteiger partial charge in [0.05, 0.1) is 18.1 Å². The summed E-state index contributed by atoms with van der Waals surface area (Å²) in [5.41, 5.74) is 5.67. The predicted molar refractivity (Wildman–Crippen MR) is 171 cm³/mol. The van der Waals surface area contributed by atoms with Gasteiger partial charge in [0.25, 0.3) is 0 Å². The van der Waals surface area contributed by atoms with Crippen molar-refractivity contribution in [2.45, 2.75) is 212 Å². The molecular weight excluding hydrogens is 498 g/mol. The van der Waals surface area contributed by atoms with Crippen LogP contribution < -0.4 is 5.73 Å². The maximum atomic E-state index is 12.7. The minimum atomic E-state index is -1.39. The largest absolute Gasteiger partial charge is 0.393 e. The third-order valence-electron chi connectivity index (χ3n) is 8.59. The Hall–Kier alpha value is -0.490. The van der Waals surface area contributed by atoms with E-state index in [-0.39, 0.29) is 12.2 Å². The van der Waals surface area contributed by atoms with E-state index in [0.29, 0.717) is 12.8 Å². The van der Waals surface area contributed by atoms with Crippen LogP contribution in [0.1, 0.15) is 194 Å². The molecular formula is C35H71NO4. The van der Waals surface area contributed by atoms with Crippen LogP contribution in [0, 0.1) is 5.92 Å². The van der Waals surface area contributed by atoms with Gasteiger partial charge in [-0.05, 0) is 12.8 Å². The number of aliphatic hydroxyl groups excluding tert-OH is 3. The second kappa shape index (κ2) is 30.0. The molecule has 0 saturated carbocycles. The molecule has 2 unspecified atom stereocenters. The van der Waals surface area contributed by atoms with Gasteiger partial charge in [-0.3, -0.25) is 4.79 Å². The number of carbonyl (C=O) groups excluding carboxylic acids is 1. The highest BCUT2D eigenvalue weighted by Crippen LogP contribution is 2.20. The fraction of sp³-hybridized carbons (Fsp3) is 0.971. The summed E-state index contributed by atoms with van der Waals surface area (Å²) in [5, 5.41) is 30.9. The minimum absolute atomic E-state index is 0.0351. The lowest BCUT2D eigenvalue weighted by atomic mass is 9.88. The summed E-state index contributed by atoms with van der Waals surface area (Å²) >= 11 is 0. The minimum Gasteiger partial charge on any atom is -0.393 e. The summed E-state index contributed by atoms with van der Waals surface area (Å²) in [4.78, 5) is 12.7. The van der Waals surface area contributed by atoms with Crippen LogP contribution in [0.15, 0.2) is 0 Å². The van der Waals surface area contributed by atoms with Crippen molar-refractivity contribution < 1.29 is 20.1 Å². The molecule has 0 aliphatic carbocycles. The molecule has 5 N–H and O–H groups in total. The Balaban J connectivity index is 3.83. The van der Waals surface area contributed by atoms with Crippen molar-refractivity contribution >= 4 is 5.78 Å². The number of nitrogens with two attached hydrogens (primary N) is 1. The zero-order chi connectivity index (χ0) is 29.7. The zero-order valence-corrected chi connectivity index (χ0v) is 26.9. The average Bonchev–Trinajstić information content (AvgIpc) is 2.91. The summed E-state index contributed by atoms with van der Waals surface area (Å²) in [6.45, 7) is 4.51. The molecule has 0 aliphatic rings. The molecule has 0 aliphatic heterocycles. The summed E-state index contributed by atoms with van der Waals surface area (Å²) in [6, 6.07) is 0. The van der Waals surface area contributed by atoms with Gasteiger partial charge in [0, 0.05) is 6.42 Å². The van der Waals surface area contributed by atoms with Crippen molar-refractivity contribution in [1.29, 1.82) is 0 Å². The SMILES string of the molecule is CCCCCCCCCCCCCCC[C@@H](O)[C@H](C(=O)CC(O)CCCCCCCCCCCCCC)C(N)O. The van der Waals surface area contributed by atoms with Gasteiger partial charge in [0.1, 0.15) is 12.0 Å². The van der Waals surface area contributed by atoms with Crippen molar-refractivity contribution in [3.8, 4) is 0 Å². The van der Waals surface area contributed by atoms with Crippen LogP contribution in [0.5, 0.6) is 0 Å². The lowest BCUT2D eigenvalue weighted by Gasteiger charge is -2.25. The van der Waals surface area contributed by atoms with E-state index < -0.39 is 24.4 Å². The molecule has 40 heavy (non-hydrogen) atoms. The highest BCUT2D eigenvalue weighted by Gasteiger charge is 2.32. The lowest BCUT2D eigenvalue weighted by Crippen LogP contribution is -2.44. The predicted octanol–water partition coefficient (Wildman–Crippen LogP) is 9.13. The van der Waals surface area contributed by atoms with Crippen LogP contribution in [0.4, 0.5) is 0 Å². The third kappa shape index (κ3) is 25.2. The van der Waals surface area contributed by atoms with E-state index in [2.05, 4.69) is 13.8 Å². The number of Topliss-reactive ketones (excluding diaryl/α,β-unsaturated/α-hetero) is 1. The average molecular weight is 570 g/mol. The Kier molecular flexibility index (Phi) is 29.6. The molecule has 0 aromatic heterocycles. The molecule has 5 heteroatoms. The van der Waals surface area contributed by atoms with Gasteiger partial charge in [0.2, 0.25) is 0 Å². The van der Waals surface area contributed by atoms with Gasteiger partial charge >= 0.3 is 0 Å². The van der Waals surface area contributed by atoms with E-state index in [0.717, 1.165) is 32.1 Å². The van der Waals surface area contributed by atoms with Gasteiger partial charge < -0.3 is 21.1 Å². The van der Waals surface area contributed by atoms with Crippen LogP contribution in [-0.4, -0.2) is 39.5 Å². The number of aliphatic hydroxyl groups is 3. The Morgan fingerprint density at radius 1 is 0.500 bits per heavy atom. The molecule has 0 heterocycles. The first-order chi connectivity index (χ1) is 19.4. The number of hydrogen-bond donors (Lipinski definition) is 4. The zero-order valence-electron chi connectivity index (χ0n) is 26.9. The first kappa shape index (κ1) is 39.5. The number of rotatable bonds is 32. The Labute approximate surface area is 249 Å². The summed E-state index contributed by atoms with van der Waals surface area (Å²) in [6.07, 6.45) is 29.5. The number of carbonyl (C=O) groups is 1. The number of ketones is 1. The van der Waals surface area contributed by atoms with E-state index in [1.165, 1.54) is 128 Å². The summed E-state index contributed by atoms with van der Waals surface area (Å²) < 4.78 is 0. The maximum Gasteiger partial charge on any atom is 0.145 e. The van der Waals surface area contributed by atoms with E-state index in [1.54, 1.807) is 0 Å². The maximum absolute atomic E-state index is 12.7. The van der Waals surface area contributed by atoms with Crippen LogP contribution in [0.2, 0.25) is 0 Å². The molecule has 0 aromatic carbocycles. The molecule has 0 saturated heterocycles. The molecule has 4 atom stereocenters. The van der Waals surface area contributed by atoms with Crippen LogP contribution >= 0.6 is 0 Å². The van der Waals surface area contributed by atoms with E-state index >= 15 is 0 Å². The molecule has 0 fully saturated rings. The Morgan fingerprint density at radius 3 is 1.12 bits per heavy atom. The molecule has 0 bridgehead atoms. The van der Waals surface area contributed by atoms with Crippen LogP contribution in [0.3, 0.4) is 0 Å². The molecule has 0 radical (unpaired) electrons. The van der Waals surface area contributed by atoms with E-state index in [4.69, 9.17) is 5.73 Å². The van der Waals surface area contributed by atoms with Crippen molar-refractivity contribution in [1.82, 2.24) is 0 Å². The van der Waals surface area contributed by atoms with Gasteiger partial charge in [-0.15, -0.1) is 0 Å². The van der Waals surface area contributed by atoms with E-state index in [1.807, 2.05) is 0 Å². The van der Waals surface area contributed by atoms with Gasteiger partial charge in [0.15, 0.2) is 0 Å². The molecule has 240 valence electrons. The smallest absolute Gasteiger partial charge is 0.145 e. The lowest BCUT2D eigenvalue weighted by molar-refractivity contribution is -0.133. The fourth-order valence-electron chi connectivity index (χ4n) is 5.87. The number of unbranched alkanes of at least 4 members (excludes halogenated alkanes) is 23. The fourth-order valence-corrected chi connectivity index (χ4v) is 5.87. The normalized spacial score (nSPS) is 14.8. The second-order valence-corrected chi connectivity index (χ2v) is 12.6. The Morgan fingerprint density at radius 2 is 0.800 bits per heavy atom. The summed E-state index contributed by atoms with van der Waals surface area (Å²) in [5.74, 6) is -1.32. The van der Waals surface area contributed by atoms with Crippen LogP contribution in [0.25, 0.3) is 0 Å². The molecule has 0 amide bonds. The number of hydrogen-bond acceptors (Lipinski definition) is 5. The molecule has 5 nitrogen and oxygen atoms in total. The van der Waals surface area contributed by atoms with Crippen molar-refractivity contribution in [2.24, 2.45) is 11.7 Å². The van der Waals surface area contributed by atoms with Gasteiger partial charge in [-0.2, -0.15) is 0 Å². The highest BCUT2D eigenvalue weighted by atomic mass is 16.3. The molecule has 0 aromatic rings. The first-order valence-electron chi connectivity index (χ1n) is 17.8. The summed E-state index contributed by atoms with van der Waals surface area (Å²) in [7, 11) is 0. The Bertz CT molecular complexity index is 528. The van der Waals surface area contributed by atoms with Crippen molar-refractivity contribution in [2.75, 3.05) is 0 Å². The van der Waals surface area contributed by atoms with Gasteiger partial charge in [-0.1, -0.05) is 174 Å². The standard InChI is InChI=1S/C35H71NO4/c1-3-5-7-9-11-13-15-17-19-21-23-25-27-29-32(38)34(35(36)40)33(39)30-31(37)28-26-24-22-20-18-16-14-12-10-8-6-4-2/h31-32,34-35,37-38,40H,3-30,36H2,1-2H3/t31?,32-,34-,35?/m1/s1.